The van der Waals surface area contributed by atoms with Gasteiger partial charge in [0.1, 0.15) is 11.8 Å². The summed E-state index contributed by atoms with van der Waals surface area (Å²) in [5, 5.41) is 3.13. The molecule has 1 N–H and O–H groups in total. The van der Waals surface area contributed by atoms with E-state index in [1.807, 2.05) is 13.1 Å². The molecule has 3 rings (SSSR count). The fraction of sp³-hybridized carbons (Fsp3) is 0.706. The lowest BCUT2D eigenvalue weighted by molar-refractivity contribution is -0.134. The number of hydrogen-bond donors (Lipinski definition) is 1. The van der Waals surface area contributed by atoms with E-state index in [1.54, 1.807) is 6.26 Å². The number of furan rings is 1. The molecule has 0 bridgehead atoms. The Kier molecular flexibility index (Phi) is 4.63. The van der Waals surface area contributed by atoms with Gasteiger partial charge in [-0.2, -0.15) is 0 Å². The molecule has 116 valence electrons. The molecule has 0 radical (unpaired) electrons. The molecule has 0 aromatic carbocycles. The molecule has 1 fully saturated rings. The maximum absolute atomic E-state index is 12.8. The molecule has 1 amide bonds. The van der Waals surface area contributed by atoms with Crippen molar-refractivity contribution in [2.45, 2.75) is 51.0 Å². The van der Waals surface area contributed by atoms with Crippen LogP contribution in [0.25, 0.3) is 0 Å². The van der Waals surface area contributed by atoms with Crippen LogP contribution in [0.5, 0.6) is 0 Å². The number of carbonyl (C=O) groups excluding carboxylic acids is 1. The van der Waals surface area contributed by atoms with Crippen molar-refractivity contribution in [2.24, 2.45) is 5.92 Å². The Bertz CT molecular complexity index is 475. The van der Waals surface area contributed by atoms with Crippen molar-refractivity contribution >= 4 is 5.91 Å². The van der Waals surface area contributed by atoms with Crippen LogP contribution in [0.4, 0.5) is 0 Å². The number of hydrogen-bond acceptors (Lipinski definition) is 3. The molecule has 1 saturated carbocycles. The fourth-order valence-corrected chi connectivity index (χ4v) is 3.76. The van der Waals surface area contributed by atoms with E-state index in [0.29, 0.717) is 5.92 Å². The van der Waals surface area contributed by atoms with E-state index in [0.717, 1.165) is 25.3 Å². The molecule has 0 saturated heterocycles. The second-order valence-corrected chi connectivity index (χ2v) is 6.42. The van der Waals surface area contributed by atoms with Crippen LogP contribution in [0.2, 0.25) is 0 Å². The number of carbonyl (C=O) groups is 1. The Morgan fingerprint density at radius 2 is 2.05 bits per heavy atom. The normalized spacial score (nSPS) is 24.5. The number of nitrogens with one attached hydrogen (secondary N) is 1. The molecule has 2 heterocycles. The van der Waals surface area contributed by atoms with Crippen LogP contribution in [-0.2, 0) is 11.2 Å². The fourth-order valence-electron chi connectivity index (χ4n) is 3.76. The van der Waals surface area contributed by atoms with Crippen LogP contribution in [0, 0.1) is 5.92 Å². The SMILES string of the molecule is CNC1C(=O)N(CC2CCCCCC2)CCc2ccoc21. The van der Waals surface area contributed by atoms with Crippen molar-refractivity contribution in [1.29, 1.82) is 0 Å². The second kappa shape index (κ2) is 6.65. The second-order valence-electron chi connectivity index (χ2n) is 6.42. The summed E-state index contributed by atoms with van der Waals surface area (Å²) in [5.41, 5.74) is 1.17. The van der Waals surface area contributed by atoms with Gasteiger partial charge in [-0.1, -0.05) is 25.7 Å². The molecular formula is C17H26N2O2. The molecule has 1 aliphatic carbocycles. The van der Waals surface area contributed by atoms with E-state index < -0.39 is 0 Å². The van der Waals surface area contributed by atoms with Crippen molar-refractivity contribution in [3.63, 3.8) is 0 Å². The number of nitrogens with zero attached hydrogens (tertiary/aromatic N) is 1. The predicted molar refractivity (Wildman–Crippen MR) is 82.0 cm³/mol. The minimum absolute atomic E-state index is 0.176. The summed E-state index contributed by atoms with van der Waals surface area (Å²) in [4.78, 5) is 14.9. The maximum atomic E-state index is 12.8. The van der Waals surface area contributed by atoms with Gasteiger partial charge in [0.25, 0.3) is 0 Å². The summed E-state index contributed by atoms with van der Waals surface area (Å²) in [6.07, 6.45) is 10.5. The van der Waals surface area contributed by atoms with Gasteiger partial charge in [-0.15, -0.1) is 0 Å². The zero-order chi connectivity index (χ0) is 14.7. The highest BCUT2D eigenvalue weighted by atomic mass is 16.3. The van der Waals surface area contributed by atoms with Gasteiger partial charge in [0.15, 0.2) is 0 Å². The van der Waals surface area contributed by atoms with Crippen molar-refractivity contribution in [2.75, 3.05) is 20.1 Å². The average molecular weight is 290 g/mol. The zero-order valence-electron chi connectivity index (χ0n) is 12.9. The molecule has 1 aromatic rings. The third kappa shape index (κ3) is 3.15. The Hall–Kier alpha value is -1.29. The van der Waals surface area contributed by atoms with Crippen molar-refractivity contribution in [3.05, 3.63) is 23.7 Å². The molecule has 1 aromatic heterocycles. The highest BCUT2D eigenvalue weighted by molar-refractivity contribution is 5.83. The molecular weight excluding hydrogens is 264 g/mol. The smallest absolute Gasteiger partial charge is 0.247 e. The van der Waals surface area contributed by atoms with Crippen LogP contribution in [0.1, 0.15) is 55.9 Å². The molecule has 1 aliphatic heterocycles. The first kappa shape index (κ1) is 14.6. The molecule has 1 unspecified atom stereocenters. The van der Waals surface area contributed by atoms with Crippen LogP contribution >= 0.6 is 0 Å². The summed E-state index contributed by atoms with van der Waals surface area (Å²) in [6, 6.07) is 1.69. The summed E-state index contributed by atoms with van der Waals surface area (Å²) < 4.78 is 5.56. The standard InChI is InChI=1S/C17H26N2O2/c1-18-15-16-14(9-11-21-16)8-10-19(17(15)20)12-13-6-4-2-3-5-7-13/h9,11,13,15,18H,2-8,10,12H2,1H3. The van der Waals surface area contributed by atoms with Gasteiger partial charge in [0, 0.05) is 13.1 Å². The quantitative estimate of drug-likeness (QED) is 0.871. The van der Waals surface area contributed by atoms with Gasteiger partial charge in [-0.05, 0) is 43.9 Å². The number of likely N-dealkylation sites (N-methyl/N-ethyl adjacent to an activating group) is 1. The van der Waals surface area contributed by atoms with Crippen LogP contribution in [-0.4, -0.2) is 30.9 Å². The minimum Gasteiger partial charge on any atom is -0.467 e. The van der Waals surface area contributed by atoms with Gasteiger partial charge in [-0.3, -0.25) is 4.79 Å². The lowest BCUT2D eigenvalue weighted by Crippen LogP contribution is -2.41. The summed E-state index contributed by atoms with van der Waals surface area (Å²) in [5.74, 6) is 1.67. The van der Waals surface area contributed by atoms with Gasteiger partial charge in [-0.25, -0.2) is 0 Å². The van der Waals surface area contributed by atoms with Gasteiger partial charge in [0.2, 0.25) is 5.91 Å². The summed E-state index contributed by atoms with van der Waals surface area (Å²) in [7, 11) is 1.84. The van der Waals surface area contributed by atoms with Gasteiger partial charge >= 0.3 is 0 Å². The van der Waals surface area contributed by atoms with Crippen LogP contribution < -0.4 is 5.32 Å². The largest absolute Gasteiger partial charge is 0.467 e. The van der Waals surface area contributed by atoms with E-state index in [9.17, 15) is 4.79 Å². The zero-order valence-corrected chi connectivity index (χ0v) is 12.9. The van der Waals surface area contributed by atoms with Crippen molar-refractivity contribution in [3.8, 4) is 0 Å². The Morgan fingerprint density at radius 3 is 2.76 bits per heavy atom. The molecule has 1 atom stereocenters. The Balaban J connectivity index is 1.71. The average Bonchev–Trinajstić information content (AvgIpc) is 2.73. The number of fused-ring (bicyclic) bond motifs is 1. The third-order valence-corrected chi connectivity index (χ3v) is 4.99. The first-order valence-electron chi connectivity index (χ1n) is 8.32. The Morgan fingerprint density at radius 1 is 1.29 bits per heavy atom. The molecule has 0 spiro atoms. The lowest BCUT2D eigenvalue weighted by Gasteiger charge is -2.28. The summed E-state index contributed by atoms with van der Waals surface area (Å²) >= 11 is 0. The maximum Gasteiger partial charge on any atom is 0.247 e. The van der Waals surface area contributed by atoms with E-state index in [1.165, 1.54) is 44.1 Å². The first-order valence-corrected chi connectivity index (χ1v) is 8.32. The number of amides is 1. The van der Waals surface area contributed by atoms with E-state index in [2.05, 4.69) is 10.2 Å². The lowest BCUT2D eigenvalue weighted by atomic mass is 9.99. The predicted octanol–water partition coefficient (Wildman–Crippen LogP) is 2.90. The first-order chi connectivity index (χ1) is 10.3. The Labute approximate surface area is 126 Å². The van der Waals surface area contributed by atoms with Crippen molar-refractivity contribution in [1.82, 2.24) is 10.2 Å². The molecule has 2 aliphatic rings. The summed E-state index contributed by atoms with van der Waals surface area (Å²) in [6.45, 7) is 1.74. The highest BCUT2D eigenvalue weighted by Crippen LogP contribution is 2.28. The van der Waals surface area contributed by atoms with Gasteiger partial charge in [0.05, 0.1) is 6.26 Å². The molecule has 4 nitrogen and oxygen atoms in total. The topological polar surface area (TPSA) is 45.5 Å². The number of rotatable bonds is 3. The molecule has 4 heteroatoms. The third-order valence-electron chi connectivity index (χ3n) is 4.99. The van der Waals surface area contributed by atoms with Gasteiger partial charge < -0.3 is 14.6 Å². The van der Waals surface area contributed by atoms with Crippen molar-refractivity contribution < 1.29 is 9.21 Å². The highest BCUT2D eigenvalue weighted by Gasteiger charge is 2.33. The van der Waals surface area contributed by atoms with E-state index in [4.69, 9.17) is 4.42 Å². The van der Waals surface area contributed by atoms with Crippen LogP contribution in [0.15, 0.2) is 16.7 Å². The molecule has 21 heavy (non-hydrogen) atoms. The van der Waals surface area contributed by atoms with E-state index >= 15 is 0 Å². The van der Waals surface area contributed by atoms with E-state index in [-0.39, 0.29) is 11.9 Å². The monoisotopic (exact) mass is 290 g/mol. The van der Waals surface area contributed by atoms with Crippen LogP contribution in [0.3, 0.4) is 0 Å². The minimum atomic E-state index is -0.316.